The number of nitrogens with zero attached hydrogens (tertiary/aromatic N) is 2. The number of hydrogen-bond donors (Lipinski definition) is 3. The third kappa shape index (κ3) is 3.35. The summed E-state index contributed by atoms with van der Waals surface area (Å²) in [5.41, 5.74) is 1.38. The molecule has 9 heteroatoms. The standard InChI is InChI=1S/C15H15N5O3S/c1-2-11-7-14(21)19-15(18-11)10-4-3-5-12(6-10)20-24(22,23)13-8-16-17-9-13/h3-9,20H,2H2,1H3,(H,16,17)(H,18,19,21). The highest BCUT2D eigenvalue weighted by Crippen LogP contribution is 2.21. The number of benzene rings is 1. The van der Waals surface area contributed by atoms with Crippen LogP contribution in [0.15, 0.2) is 52.4 Å². The van der Waals surface area contributed by atoms with Crippen LogP contribution in [0, 0.1) is 0 Å². The molecule has 0 radical (unpaired) electrons. The molecule has 24 heavy (non-hydrogen) atoms. The number of H-pyrrole nitrogens is 2. The largest absolute Gasteiger partial charge is 0.307 e. The van der Waals surface area contributed by atoms with E-state index in [0.717, 1.165) is 0 Å². The smallest absolute Gasteiger partial charge is 0.265 e. The van der Waals surface area contributed by atoms with E-state index < -0.39 is 10.0 Å². The molecule has 0 fully saturated rings. The zero-order valence-corrected chi connectivity index (χ0v) is 13.6. The van der Waals surface area contributed by atoms with Crippen LogP contribution in [0.1, 0.15) is 12.6 Å². The number of hydrogen-bond acceptors (Lipinski definition) is 5. The molecule has 0 saturated heterocycles. The molecular weight excluding hydrogens is 330 g/mol. The monoisotopic (exact) mass is 345 g/mol. The lowest BCUT2D eigenvalue weighted by Crippen LogP contribution is -2.13. The van der Waals surface area contributed by atoms with Gasteiger partial charge in [0, 0.05) is 29.2 Å². The van der Waals surface area contributed by atoms with Crippen molar-refractivity contribution in [1.29, 1.82) is 0 Å². The molecule has 0 spiro atoms. The third-order valence-corrected chi connectivity index (χ3v) is 4.68. The van der Waals surface area contributed by atoms with E-state index in [9.17, 15) is 13.2 Å². The fourth-order valence-corrected chi connectivity index (χ4v) is 3.11. The molecule has 2 heterocycles. The highest BCUT2D eigenvalue weighted by atomic mass is 32.2. The van der Waals surface area contributed by atoms with Crippen LogP contribution in [0.25, 0.3) is 11.4 Å². The van der Waals surface area contributed by atoms with Gasteiger partial charge in [0.25, 0.3) is 15.6 Å². The van der Waals surface area contributed by atoms with Crippen LogP contribution in [0.4, 0.5) is 5.69 Å². The van der Waals surface area contributed by atoms with Gasteiger partial charge >= 0.3 is 0 Å². The Balaban J connectivity index is 1.96. The van der Waals surface area contributed by atoms with Crippen molar-refractivity contribution in [3.63, 3.8) is 0 Å². The Bertz CT molecular complexity index is 1010. The van der Waals surface area contributed by atoms with Crippen molar-refractivity contribution < 1.29 is 8.42 Å². The van der Waals surface area contributed by atoms with E-state index >= 15 is 0 Å². The predicted molar refractivity (Wildman–Crippen MR) is 89.1 cm³/mol. The maximum absolute atomic E-state index is 12.2. The van der Waals surface area contributed by atoms with E-state index in [0.29, 0.717) is 29.2 Å². The molecule has 0 unspecified atom stereocenters. The van der Waals surface area contributed by atoms with Crippen molar-refractivity contribution in [3.8, 4) is 11.4 Å². The van der Waals surface area contributed by atoms with Crippen molar-refractivity contribution in [2.75, 3.05) is 4.72 Å². The molecule has 0 aliphatic heterocycles. The average molecular weight is 345 g/mol. The molecule has 3 rings (SSSR count). The quantitative estimate of drug-likeness (QED) is 0.647. The zero-order chi connectivity index (χ0) is 17.2. The number of rotatable bonds is 5. The van der Waals surface area contributed by atoms with Crippen LogP contribution in [-0.4, -0.2) is 28.6 Å². The molecule has 0 bridgehead atoms. The fourth-order valence-electron chi connectivity index (χ4n) is 2.16. The van der Waals surface area contributed by atoms with E-state index in [-0.39, 0.29) is 10.5 Å². The van der Waals surface area contributed by atoms with Gasteiger partial charge in [0.05, 0.1) is 6.20 Å². The first-order chi connectivity index (χ1) is 11.5. The van der Waals surface area contributed by atoms with Gasteiger partial charge in [-0.05, 0) is 18.6 Å². The molecule has 3 aromatic rings. The number of anilines is 1. The summed E-state index contributed by atoms with van der Waals surface area (Å²) in [5.74, 6) is 0.392. The number of aryl methyl sites for hydroxylation is 1. The van der Waals surface area contributed by atoms with E-state index in [1.165, 1.54) is 18.5 Å². The molecular formula is C15H15N5O3S. The number of aromatic amines is 2. The second kappa shape index (κ2) is 6.28. The minimum absolute atomic E-state index is 0.0346. The van der Waals surface area contributed by atoms with Gasteiger partial charge in [-0.25, -0.2) is 13.4 Å². The Morgan fingerprint density at radius 2 is 2.08 bits per heavy atom. The van der Waals surface area contributed by atoms with Crippen molar-refractivity contribution in [1.82, 2.24) is 20.2 Å². The summed E-state index contributed by atoms with van der Waals surface area (Å²) >= 11 is 0. The molecule has 1 aromatic carbocycles. The Kier molecular flexibility index (Phi) is 4.17. The molecule has 2 aromatic heterocycles. The molecule has 0 aliphatic carbocycles. The van der Waals surface area contributed by atoms with Crippen molar-refractivity contribution in [3.05, 3.63) is 58.8 Å². The van der Waals surface area contributed by atoms with Crippen molar-refractivity contribution in [2.45, 2.75) is 18.2 Å². The van der Waals surface area contributed by atoms with E-state index in [1.54, 1.807) is 24.3 Å². The summed E-state index contributed by atoms with van der Waals surface area (Å²) in [5, 5.41) is 6.09. The van der Waals surface area contributed by atoms with Gasteiger partial charge in [0.1, 0.15) is 10.7 Å². The number of aromatic nitrogens is 4. The molecule has 0 atom stereocenters. The normalized spacial score (nSPS) is 11.4. The number of sulfonamides is 1. The highest BCUT2D eigenvalue weighted by Gasteiger charge is 2.15. The number of nitrogens with one attached hydrogen (secondary N) is 3. The minimum atomic E-state index is -3.73. The maximum Gasteiger partial charge on any atom is 0.265 e. The van der Waals surface area contributed by atoms with Crippen LogP contribution in [-0.2, 0) is 16.4 Å². The summed E-state index contributed by atoms with van der Waals surface area (Å²) in [6.07, 6.45) is 3.13. The van der Waals surface area contributed by atoms with Gasteiger partial charge in [-0.2, -0.15) is 5.10 Å². The van der Waals surface area contributed by atoms with Crippen LogP contribution < -0.4 is 10.3 Å². The Morgan fingerprint density at radius 3 is 2.79 bits per heavy atom. The first kappa shape index (κ1) is 15.9. The lowest BCUT2D eigenvalue weighted by atomic mass is 10.2. The molecule has 0 amide bonds. The minimum Gasteiger partial charge on any atom is -0.307 e. The van der Waals surface area contributed by atoms with Gasteiger partial charge in [-0.1, -0.05) is 19.1 Å². The maximum atomic E-state index is 12.2. The molecule has 0 aliphatic rings. The van der Waals surface area contributed by atoms with Crippen LogP contribution in [0.2, 0.25) is 0 Å². The van der Waals surface area contributed by atoms with Crippen LogP contribution in [0.3, 0.4) is 0 Å². The second-order valence-electron chi connectivity index (χ2n) is 5.06. The van der Waals surface area contributed by atoms with E-state index in [1.807, 2.05) is 6.92 Å². The Hall–Kier alpha value is -2.94. The van der Waals surface area contributed by atoms with Crippen molar-refractivity contribution >= 4 is 15.7 Å². The summed E-state index contributed by atoms with van der Waals surface area (Å²) in [6, 6.07) is 8.09. The molecule has 0 saturated carbocycles. The van der Waals surface area contributed by atoms with Gasteiger partial charge in [0.2, 0.25) is 0 Å². The predicted octanol–water partition coefficient (Wildman–Crippen LogP) is 1.52. The molecule has 124 valence electrons. The molecule has 3 N–H and O–H groups in total. The third-order valence-electron chi connectivity index (χ3n) is 3.33. The summed E-state index contributed by atoms with van der Waals surface area (Å²) in [4.78, 5) is 18.7. The zero-order valence-electron chi connectivity index (χ0n) is 12.8. The first-order valence-corrected chi connectivity index (χ1v) is 8.68. The summed E-state index contributed by atoms with van der Waals surface area (Å²) < 4.78 is 26.9. The van der Waals surface area contributed by atoms with Gasteiger partial charge in [-0.3, -0.25) is 14.6 Å². The second-order valence-corrected chi connectivity index (χ2v) is 6.74. The van der Waals surface area contributed by atoms with E-state index in [2.05, 4.69) is 24.9 Å². The SMILES string of the molecule is CCc1cc(=O)[nH]c(-c2cccc(NS(=O)(=O)c3cn[nH]c3)c2)n1. The van der Waals surface area contributed by atoms with Gasteiger partial charge < -0.3 is 4.98 Å². The average Bonchev–Trinajstić information content (AvgIpc) is 3.09. The van der Waals surface area contributed by atoms with Crippen LogP contribution in [0.5, 0.6) is 0 Å². The Morgan fingerprint density at radius 1 is 1.25 bits per heavy atom. The first-order valence-electron chi connectivity index (χ1n) is 7.20. The lowest BCUT2D eigenvalue weighted by molar-refractivity contribution is 0.601. The van der Waals surface area contributed by atoms with Crippen molar-refractivity contribution in [2.24, 2.45) is 0 Å². The fraction of sp³-hybridized carbons (Fsp3) is 0.133. The Labute approximate surface area is 138 Å². The summed E-state index contributed by atoms with van der Waals surface area (Å²) in [6.45, 7) is 1.90. The highest BCUT2D eigenvalue weighted by molar-refractivity contribution is 7.92. The van der Waals surface area contributed by atoms with Crippen LogP contribution >= 0.6 is 0 Å². The van der Waals surface area contributed by atoms with Gasteiger partial charge in [-0.15, -0.1) is 0 Å². The summed E-state index contributed by atoms with van der Waals surface area (Å²) in [7, 11) is -3.73. The topological polar surface area (TPSA) is 121 Å². The molecule has 8 nitrogen and oxygen atoms in total. The lowest BCUT2D eigenvalue weighted by Gasteiger charge is -2.08. The van der Waals surface area contributed by atoms with E-state index in [4.69, 9.17) is 0 Å². The van der Waals surface area contributed by atoms with Gasteiger partial charge in [0.15, 0.2) is 0 Å².